The van der Waals surface area contributed by atoms with E-state index in [1.165, 1.54) is 16.8 Å². The van der Waals surface area contributed by atoms with E-state index in [9.17, 15) is 13.2 Å². The maximum Gasteiger partial charge on any atom is 0.225 e. The van der Waals surface area contributed by atoms with E-state index in [0.717, 1.165) is 29.8 Å². The lowest BCUT2D eigenvalue weighted by atomic mass is 9.89. The third-order valence-electron chi connectivity index (χ3n) is 5.78. The highest BCUT2D eigenvalue weighted by atomic mass is 35.5. The van der Waals surface area contributed by atoms with Gasteiger partial charge >= 0.3 is 0 Å². The van der Waals surface area contributed by atoms with Crippen LogP contribution in [-0.4, -0.2) is 52.7 Å². The van der Waals surface area contributed by atoms with Gasteiger partial charge in [0.1, 0.15) is 5.82 Å². The van der Waals surface area contributed by atoms with E-state index in [0.29, 0.717) is 30.4 Å². The quantitative estimate of drug-likeness (QED) is 0.753. The number of anilines is 1. The minimum atomic E-state index is -3.21. The van der Waals surface area contributed by atoms with Crippen LogP contribution in [-0.2, 0) is 27.8 Å². The normalized spacial score (nSPS) is 21.0. The van der Waals surface area contributed by atoms with E-state index in [2.05, 4.69) is 29.2 Å². The highest BCUT2D eigenvalue weighted by Gasteiger charge is 2.32. The summed E-state index contributed by atoms with van der Waals surface area (Å²) in [6.45, 7) is 6.12. The summed E-state index contributed by atoms with van der Waals surface area (Å²) in [6.07, 6.45) is 6.39. The number of hydrogen-bond acceptors (Lipinski definition) is 5. The number of hydrogen-bond donors (Lipinski definition) is 1. The lowest BCUT2D eigenvalue weighted by molar-refractivity contribution is -0.117. The lowest BCUT2D eigenvalue weighted by Crippen LogP contribution is -2.28. The Morgan fingerprint density at radius 3 is 2.80 bits per heavy atom. The summed E-state index contributed by atoms with van der Waals surface area (Å²) in [6, 6.07) is 1.78. The number of rotatable bonds is 5. The van der Waals surface area contributed by atoms with Gasteiger partial charge in [0.05, 0.1) is 17.5 Å². The lowest BCUT2D eigenvalue weighted by Gasteiger charge is -2.15. The molecule has 0 spiro atoms. The fourth-order valence-electron chi connectivity index (χ4n) is 4.31. The molecule has 0 radical (unpaired) electrons. The van der Waals surface area contributed by atoms with Crippen LogP contribution in [0.15, 0.2) is 18.5 Å². The Morgan fingerprint density at radius 1 is 1.33 bits per heavy atom. The van der Waals surface area contributed by atoms with Crippen LogP contribution in [0.5, 0.6) is 0 Å². The predicted octanol–water partition coefficient (Wildman–Crippen LogP) is 2.79. The molecule has 1 fully saturated rings. The Balaban J connectivity index is 1.47. The van der Waals surface area contributed by atoms with Crippen molar-refractivity contribution in [3.05, 3.63) is 29.2 Å². The molecule has 1 N–H and O–H groups in total. The molecule has 1 saturated heterocycles. The molecule has 10 heteroatoms. The maximum atomic E-state index is 12.5. The molecule has 1 amide bonds. The second-order valence-corrected chi connectivity index (χ2v) is 11.5. The average molecular weight is 452 g/mol. The number of sulfonamides is 1. The first-order valence-electron chi connectivity index (χ1n) is 9.97. The van der Waals surface area contributed by atoms with E-state index >= 15 is 0 Å². The smallest absolute Gasteiger partial charge is 0.225 e. The molecule has 162 valence electrons. The number of nitrogens with zero attached hydrogens (tertiary/aromatic N) is 4. The first-order chi connectivity index (χ1) is 14.0. The Morgan fingerprint density at radius 2 is 2.10 bits per heavy atom. The minimum absolute atomic E-state index is 0.00710. The number of halogens is 1. The number of pyridine rings is 1. The molecule has 4 heterocycles. The molecule has 2 aliphatic rings. The third kappa shape index (κ3) is 4.38. The van der Waals surface area contributed by atoms with E-state index in [4.69, 9.17) is 11.6 Å². The van der Waals surface area contributed by atoms with Crippen LogP contribution in [0, 0.1) is 11.3 Å². The molecular formula is C20H26ClN5O3S. The van der Waals surface area contributed by atoms with Crippen molar-refractivity contribution in [3.8, 4) is 11.1 Å². The van der Waals surface area contributed by atoms with Gasteiger partial charge in [-0.15, -0.1) is 0 Å². The van der Waals surface area contributed by atoms with Crippen LogP contribution in [0.1, 0.15) is 32.4 Å². The molecule has 30 heavy (non-hydrogen) atoms. The molecule has 1 atom stereocenters. The van der Waals surface area contributed by atoms with Crippen LogP contribution in [0.2, 0.25) is 5.02 Å². The summed E-state index contributed by atoms with van der Waals surface area (Å²) < 4.78 is 26.7. The SMILES string of the molecule is CC1(C)Cc2c(-c3cc(NC(=O)C[C@H]4CCN(S(C)(=O)=O)C4)ncc3Cl)cnn2C1. The van der Waals surface area contributed by atoms with E-state index < -0.39 is 10.0 Å². The molecule has 8 nitrogen and oxygen atoms in total. The number of aromatic nitrogens is 3. The number of amides is 1. The topological polar surface area (TPSA) is 97.2 Å². The van der Waals surface area contributed by atoms with E-state index in [1.807, 2.05) is 10.9 Å². The molecule has 2 aromatic heterocycles. The van der Waals surface area contributed by atoms with Gasteiger partial charge in [-0.2, -0.15) is 5.10 Å². The fraction of sp³-hybridized carbons (Fsp3) is 0.550. The van der Waals surface area contributed by atoms with Gasteiger partial charge in [-0.3, -0.25) is 9.48 Å². The van der Waals surface area contributed by atoms with Gasteiger partial charge in [-0.05, 0) is 30.2 Å². The van der Waals surface area contributed by atoms with E-state index in [-0.39, 0.29) is 23.7 Å². The van der Waals surface area contributed by atoms with Crippen molar-refractivity contribution < 1.29 is 13.2 Å². The molecule has 4 rings (SSSR count). The van der Waals surface area contributed by atoms with Crippen LogP contribution < -0.4 is 5.32 Å². The highest BCUT2D eigenvalue weighted by molar-refractivity contribution is 7.88. The largest absolute Gasteiger partial charge is 0.311 e. The zero-order chi connectivity index (χ0) is 21.7. The van der Waals surface area contributed by atoms with Crippen LogP contribution in [0.25, 0.3) is 11.1 Å². The van der Waals surface area contributed by atoms with Crippen molar-refractivity contribution in [2.75, 3.05) is 24.7 Å². The number of nitrogens with one attached hydrogen (secondary N) is 1. The second-order valence-electron chi connectivity index (χ2n) is 9.08. The summed E-state index contributed by atoms with van der Waals surface area (Å²) in [4.78, 5) is 16.8. The predicted molar refractivity (Wildman–Crippen MR) is 116 cm³/mol. The monoisotopic (exact) mass is 451 g/mol. The fourth-order valence-corrected chi connectivity index (χ4v) is 5.43. The zero-order valence-corrected chi connectivity index (χ0v) is 18.9. The zero-order valence-electron chi connectivity index (χ0n) is 17.4. The standard InChI is InChI=1S/C20H26ClN5O3S/c1-20(2)8-17-15(9-23-26(17)12-20)14-7-18(22-10-16(14)21)24-19(27)6-13-4-5-25(11-13)30(3,28)29/h7,9-10,13H,4-6,8,11-12H2,1-3H3,(H,22,24,27)/t13-/m1/s1. The van der Waals surface area contributed by atoms with E-state index in [1.54, 1.807) is 6.07 Å². The van der Waals surface area contributed by atoms with Gasteiger partial charge in [-0.25, -0.2) is 17.7 Å². The van der Waals surface area contributed by atoms with Gasteiger partial charge in [0.25, 0.3) is 0 Å². The first kappa shape index (κ1) is 21.3. The molecule has 2 aromatic rings. The molecule has 0 aromatic carbocycles. The van der Waals surface area contributed by atoms with Crippen molar-refractivity contribution in [3.63, 3.8) is 0 Å². The summed E-state index contributed by atoms with van der Waals surface area (Å²) >= 11 is 6.42. The number of carbonyl (C=O) groups is 1. The summed E-state index contributed by atoms with van der Waals surface area (Å²) in [5, 5.41) is 7.83. The minimum Gasteiger partial charge on any atom is -0.311 e. The van der Waals surface area contributed by atoms with Gasteiger partial charge in [-0.1, -0.05) is 25.4 Å². The third-order valence-corrected chi connectivity index (χ3v) is 7.35. The first-order valence-corrected chi connectivity index (χ1v) is 12.2. The second kappa shape index (κ2) is 7.62. The van der Waals surface area contributed by atoms with Crippen molar-refractivity contribution >= 4 is 33.3 Å². The van der Waals surface area contributed by atoms with Crippen molar-refractivity contribution in [2.24, 2.45) is 11.3 Å². The Kier molecular flexibility index (Phi) is 5.40. The van der Waals surface area contributed by atoms with Crippen molar-refractivity contribution in [2.45, 2.75) is 39.7 Å². The molecule has 0 unspecified atom stereocenters. The van der Waals surface area contributed by atoms with Crippen molar-refractivity contribution in [1.82, 2.24) is 19.1 Å². The Bertz CT molecular complexity index is 1100. The van der Waals surface area contributed by atoms with Gasteiger partial charge in [0, 0.05) is 49.1 Å². The van der Waals surface area contributed by atoms with Gasteiger partial charge < -0.3 is 5.32 Å². The molecule has 0 aliphatic carbocycles. The molecular weight excluding hydrogens is 426 g/mol. The Hall–Kier alpha value is -1.97. The van der Waals surface area contributed by atoms with Crippen LogP contribution in [0.4, 0.5) is 5.82 Å². The highest BCUT2D eigenvalue weighted by Crippen LogP contribution is 2.39. The molecule has 2 aliphatic heterocycles. The van der Waals surface area contributed by atoms with Crippen LogP contribution in [0.3, 0.4) is 0 Å². The Labute approximate surface area is 181 Å². The summed E-state index contributed by atoms with van der Waals surface area (Å²) in [5.41, 5.74) is 3.04. The van der Waals surface area contributed by atoms with Crippen molar-refractivity contribution in [1.29, 1.82) is 0 Å². The maximum absolute atomic E-state index is 12.5. The van der Waals surface area contributed by atoms with Gasteiger partial charge in [0.2, 0.25) is 15.9 Å². The van der Waals surface area contributed by atoms with Gasteiger partial charge in [0.15, 0.2) is 0 Å². The number of fused-ring (bicyclic) bond motifs is 1. The number of carbonyl (C=O) groups excluding carboxylic acids is 1. The van der Waals surface area contributed by atoms with Crippen LogP contribution >= 0.6 is 11.6 Å². The molecule has 0 saturated carbocycles. The summed E-state index contributed by atoms with van der Waals surface area (Å²) in [5.74, 6) is 0.250. The average Bonchev–Trinajstić information content (AvgIpc) is 3.30. The molecule has 0 bridgehead atoms. The summed E-state index contributed by atoms with van der Waals surface area (Å²) in [7, 11) is -3.21.